The molecule has 24 heavy (non-hydrogen) atoms. The highest BCUT2D eigenvalue weighted by atomic mass is 19.4. The van der Waals surface area contributed by atoms with E-state index in [-0.39, 0.29) is 17.2 Å². The molecule has 0 bridgehead atoms. The first kappa shape index (κ1) is 16.3. The second-order valence-corrected chi connectivity index (χ2v) is 5.42. The highest BCUT2D eigenvalue weighted by Crippen LogP contribution is 2.38. The van der Waals surface area contributed by atoms with Crippen LogP contribution in [0.25, 0.3) is 11.3 Å². The number of anilines is 1. The van der Waals surface area contributed by atoms with Crippen molar-refractivity contribution < 1.29 is 22.7 Å². The largest absolute Gasteiger partial charge is 0.573 e. The zero-order chi connectivity index (χ0) is 17.2. The highest BCUT2D eigenvalue weighted by Gasteiger charge is 2.33. The van der Waals surface area contributed by atoms with Gasteiger partial charge in [-0.15, -0.1) is 13.2 Å². The van der Waals surface area contributed by atoms with Gasteiger partial charge in [0.15, 0.2) is 0 Å². The Morgan fingerprint density at radius 3 is 2.62 bits per heavy atom. The lowest BCUT2D eigenvalue weighted by atomic mass is 10.0. The summed E-state index contributed by atoms with van der Waals surface area (Å²) in [5, 5.41) is 0. The van der Waals surface area contributed by atoms with E-state index < -0.39 is 6.36 Å². The van der Waals surface area contributed by atoms with Crippen molar-refractivity contribution >= 4 is 11.6 Å². The van der Waals surface area contributed by atoms with Gasteiger partial charge in [0.2, 0.25) is 5.91 Å². The number of carbonyl (C=O) groups excluding carboxylic acids is 1. The maximum atomic E-state index is 12.6. The van der Waals surface area contributed by atoms with Gasteiger partial charge in [0.05, 0.1) is 11.4 Å². The Morgan fingerprint density at radius 2 is 1.88 bits per heavy atom. The number of ether oxygens (including phenoxy) is 1. The SMILES string of the molecule is O=C1CCCCN1c1cccnc1-c1ccccc1OC(F)(F)F. The monoisotopic (exact) mass is 336 g/mol. The first-order valence-corrected chi connectivity index (χ1v) is 7.56. The smallest absolute Gasteiger partial charge is 0.405 e. The first-order valence-electron chi connectivity index (χ1n) is 7.56. The molecule has 0 aliphatic carbocycles. The molecule has 0 N–H and O–H groups in total. The number of hydrogen-bond donors (Lipinski definition) is 0. The Balaban J connectivity index is 2.06. The van der Waals surface area contributed by atoms with Crippen molar-refractivity contribution in [2.24, 2.45) is 0 Å². The minimum absolute atomic E-state index is 0.0512. The molecule has 0 saturated carbocycles. The van der Waals surface area contributed by atoms with Crippen LogP contribution in [-0.2, 0) is 4.79 Å². The van der Waals surface area contributed by atoms with E-state index in [2.05, 4.69) is 9.72 Å². The van der Waals surface area contributed by atoms with Crippen LogP contribution < -0.4 is 9.64 Å². The molecule has 4 nitrogen and oxygen atoms in total. The van der Waals surface area contributed by atoms with E-state index in [1.54, 1.807) is 23.1 Å². The van der Waals surface area contributed by atoms with Gasteiger partial charge in [-0.2, -0.15) is 0 Å². The zero-order valence-electron chi connectivity index (χ0n) is 12.7. The fourth-order valence-corrected chi connectivity index (χ4v) is 2.76. The van der Waals surface area contributed by atoms with Crippen LogP contribution in [-0.4, -0.2) is 23.8 Å². The van der Waals surface area contributed by atoms with Crippen LogP contribution >= 0.6 is 0 Å². The van der Waals surface area contributed by atoms with E-state index in [1.165, 1.54) is 24.4 Å². The molecule has 0 unspecified atom stereocenters. The van der Waals surface area contributed by atoms with Crippen LogP contribution in [0.4, 0.5) is 18.9 Å². The molecular weight excluding hydrogens is 321 g/mol. The van der Waals surface area contributed by atoms with Gasteiger partial charge in [0.1, 0.15) is 5.75 Å². The number of benzene rings is 1. The summed E-state index contributed by atoms with van der Waals surface area (Å²) < 4.78 is 42.1. The van der Waals surface area contributed by atoms with Gasteiger partial charge in [-0.3, -0.25) is 9.78 Å². The number of nitrogens with zero attached hydrogens (tertiary/aromatic N) is 2. The maximum absolute atomic E-state index is 12.6. The molecule has 1 aromatic carbocycles. The first-order chi connectivity index (χ1) is 11.5. The maximum Gasteiger partial charge on any atom is 0.573 e. The molecule has 1 aromatic heterocycles. The molecule has 1 saturated heterocycles. The third-order valence-electron chi connectivity index (χ3n) is 3.77. The number of halogens is 3. The van der Waals surface area contributed by atoms with E-state index in [0.29, 0.717) is 24.3 Å². The number of carbonyl (C=O) groups is 1. The Bertz CT molecular complexity index is 747. The molecule has 0 atom stereocenters. The zero-order valence-corrected chi connectivity index (χ0v) is 12.7. The van der Waals surface area contributed by atoms with Crippen molar-refractivity contribution in [3.8, 4) is 17.0 Å². The third kappa shape index (κ3) is 3.50. The summed E-state index contributed by atoms with van der Waals surface area (Å²) in [6, 6.07) is 9.15. The lowest BCUT2D eigenvalue weighted by molar-refractivity contribution is -0.274. The number of piperidine rings is 1. The fourth-order valence-electron chi connectivity index (χ4n) is 2.76. The van der Waals surface area contributed by atoms with Gasteiger partial charge in [-0.05, 0) is 37.1 Å². The van der Waals surface area contributed by atoms with Crippen LogP contribution in [0.5, 0.6) is 5.75 Å². The normalized spacial score (nSPS) is 15.5. The Kier molecular flexibility index (Phi) is 4.42. The number of aromatic nitrogens is 1. The molecule has 7 heteroatoms. The summed E-state index contributed by atoms with van der Waals surface area (Å²) in [7, 11) is 0. The summed E-state index contributed by atoms with van der Waals surface area (Å²) in [6.07, 6.45) is -1.22. The molecule has 2 aromatic rings. The van der Waals surface area contributed by atoms with Crippen molar-refractivity contribution in [1.82, 2.24) is 4.98 Å². The van der Waals surface area contributed by atoms with E-state index in [9.17, 15) is 18.0 Å². The quantitative estimate of drug-likeness (QED) is 0.845. The van der Waals surface area contributed by atoms with E-state index in [1.807, 2.05) is 0 Å². The predicted molar refractivity (Wildman–Crippen MR) is 82.6 cm³/mol. The van der Waals surface area contributed by atoms with Gasteiger partial charge in [0, 0.05) is 24.7 Å². The van der Waals surface area contributed by atoms with Crippen LogP contribution in [0.1, 0.15) is 19.3 Å². The third-order valence-corrected chi connectivity index (χ3v) is 3.77. The highest BCUT2D eigenvalue weighted by molar-refractivity contribution is 5.98. The molecule has 1 aliphatic rings. The molecule has 2 heterocycles. The van der Waals surface area contributed by atoms with Crippen molar-refractivity contribution in [2.45, 2.75) is 25.6 Å². The average molecular weight is 336 g/mol. The molecule has 3 rings (SSSR count). The molecule has 1 amide bonds. The van der Waals surface area contributed by atoms with Crippen LogP contribution in [0.2, 0.25) is 0 Å². The summed E-state index contributed by atoms with van der Waals surface area (Å²) in [6.45, 7) is 0.528. The molecule has 1 fully saturated rings. The fraction of sp³-hybridized carbons (Fsp3) is 0.294. The van der Waals surface area contributed by atoms with Crippen LogP contribution in [0.3, 0.4) is 0 Å². The molecule has 0 radical (unpaired) electrons. The van der Waals surface area contributed by atoms with E-state index in [0.717, 1.165) is 12.8 Å². The number of para-hydroxylation sites is 1. The second-order valence-electron chi connectivity index (χ2n) is 5.42. The summed E-state index contributed by atoms with van der Waals surface area (Å²) in [4.78, 5) is 18.0. The Morgan fingerprint density at radius 1 is 1.08 bits per heavy atom. The van der Waals surface area contributed by atoms with Crippen molar-refractivity contribution in [3.05, 3.63) is 42.6 Å². The topological polar surface area (TPSA) is 42.4 Å². The Labute approximate surface area is 136 Å². The molecule has 1 aliphatic heterocycles. The Hall–Kier alpha value is -2.57. The lowest BCUT2D eigenvalue weighted by Crippen LogP contribution is -2.35. The van der Waals surface area contributed by atoms with Crippen molar-refractivity contribution in [3.63, 3.8) is 0 Å². The van der Waals surface area contributed by atoms with Crippen LogP contribution in [0, 0.1) is 0 Å². The van der Waals surface area contributed by atoms with Crippen LogP contribution in [0.15, 0.2) is 42.6 Å². The van der Waals surface area contributed by atoms with Crippen molar-refractivity contribution in [1.29, 1.82) is 0 Å². The minimum Gasteiger partial charge on any atom is -0.405 e. The average Bonchev–Trinajstić information content (AvgIpc) is 2.55. The number of amides is 1. The minimum atomic E-state index is -4.80. The molecular formula is C17H15F3N2O2. The second kappa shape index (κ2) is 6.51. The number of alkyl halides is 3. The molecule has 0 spiro atoms. The van der Waals surface area contributed by atoms with E-state index in [4.69, 9.17) is 0 Å². The standard InChI is InChI=1S/C17H15F3N2O2/c18-17(19,20)24-14-8-2-1-6-12(14)16-13(7-5-10-21-16)22-11-4-3-9-15(22)23/h1-2,5-8,10H,3-4,9,11H2. The van der Waals surface area contributed by atoms with Gasteiger partial charge >= 0.3 is 6.36 Å². The van der Waals surface area contributed by atoms with Crippen molar-refractivity contribution in [2.75, 3.05) is 11.4 Å². The van der Waals surface area contributed by atoms with Gasteiger partial charge < -0.3 is 9.64 Å². The summed E-state index contributed by atoms with van der Waals surface area (Å²) >= 11 is 0. The summed E-state index contributed by atoms with van der Waals surface area (Å²) in [5.41, 5.74) is 0.997. The number of pyridine rings is 1. The van der Waals surface area contributed by atoms with Gasteiger partial charge in [-0.25, -0.2) is 0 Å². The van der Waals surface area contributed by atoms with Gasteiger partial charge in [0.25, 0.3) is 0 Å². The predicted octanol–water partition coefficient (Wildman–Crippen LogP) is 4.16. The van der Waals surface area contributed by atoms with Gasteiger partial charge in [-0.1, -0.05) is 12.1 Å². The lowest BCUT2D eigenvalue weighted by Gasteiger charge is -2.28. The van der Waals surface area contributed by atoms with E-state index >= 15 is 0 Å². The molecule has 126 valence electrons. The number of rotatable bonds is 3. The summed E-state index contributed by atoms with van der Waals surface area (Å²) in [5.74, 6) is -0.390. The number of hydrogen-bond acceptors (Lipinski definition) is 3.